The van der Waals surface area contributed by atoms with Gasteiger partial charge in [-0.15, -0.1) is 0 Å². The van der Waals surface area contributed by atoms with E-state index >= 15 is 0 Å². The van der Waals surface area contributed by atoms with Gasteiger partial charge in [0.25, 0.3) is 0 Å². The fourth-order valence-corrected chi connectivity index (χ4v) is 3.13. The van der Waals surface area contributed by atoms with Gasteiger partial charge in [0.15, 0.2) is 5.78 Å². The van der Waals surface area contributed by atoms with Crippen LogP contribution in [0.15, 0.2) is 24.3 Å². The van der Waals surface area contributed by atoms with Crippen LogP contribution in [0.2, 0.25) is 5.02 Å². The second-order valence-electron chi connectivity index (χ2n) is 6.69. The van der Waals surface area contributed by atoms with Crippen LogP contribution >= 0.6 is 11.6 Å². The molecule has 1 saturated heterocycles. The van der Waals surface area contributed by atoms with Crippen LogP contribution < -0.4 is 5.32 Å². The van der Waals surface area contributed by atoms with Crippen LogP contribution in [-0.4, -0.2) is 41.8 Å². The summed E-state index contributed by atoms with van der Waals surface area (Å²) in [5.74, 6) is -0.178. The number of nitrogens with one attached hydrogen (secondary N) is 1. The van der Waals surface area contributed by atoms with E-state index in [0.29, 0.717) is 17.1 Å². The molecule has 1 amide bonds. The molecule has 0 bridgehead atoms. The predicted octanol–water partition coefficient (Wildman–Crippen LogP) is 3.29. The van der Waals surface area contributed by atoms with Gasteiger partial charge in [-0.05, 0) is 51.9 Å². The number of hydrogen-bond donors (Lipinski definition) is 1. The molecule has 0 saturated carbocycles. The third-order valence-corrected chi connectivity index (χ3v) is 4.76. The van der Waals surface area contributed by atoms with Crippen molar-refractivity contribution >= 4 is 23.3 Å². The maximum absolute atomic E-state index is 12.1. The minimum absolute atomic E-state index is 0.0428. The zero-order valence-corrected chi connectivity index (χ0v) is 14.7. The molecule has 1 aliphatic rings. The molecular weight excluding hydrogens is 312 g/mol. The standard InChI is InChI=1S/C18H25ClN2O2/c1-18(2,21-11-5-6-12-21)13-20-17(23)10-9-16(22)14-7-3-4-8-15(14)19/h3-4,7-8H,5-6,9-13H2,1-2H3,(H,20,23). The van der Waals surface area contributed by atoms with E-state index in [9.17, 15) is 9.59 Å². The summed E-state index contributed by atoms with van der Waals surface area (Å²) >= 11 is 6.00. The second-order valence-corrected chi connectivity index (χ2v) is 7.09. The summed E-state index contributed by atoms with van der Waals surface area (Å²) in [5.41, 5.74) is 0.443. The molecule has 1 aromatic rings. The molecule has 1 fully saturated rings. The highest BCUT2D eigenvalue weighted by Gasteiger charge is 2.29. The lowest BCUT2D eigenvalue weighted by Crippen LogP contribution is -2.50. The monoisotopic (exact) mass is 336 g/mol. The predicted molar refractivity (Wildman–Crippen MR) is 92.9 cm³/mol. The number of amides is 1. The summed E-state index contributed by atoms with van der Waals surface area (Å²) < 4.78 is 0. The number of nitrogens with zero attached hydrogens (tertiary/aromatic N) is 1. The molecule has 0 spiro atoms. The van der Waals surface area contributed by atoms with Gasteiger partial charge in [-0.1, -0.05) is 23.7 Å². The van der Waals surface area contributed by atoms with E-state index in [4.69, 9.17) is 11.6 Å². The first-order chi connectivity index (χ1) is 10.9. The molecule has 4 nitrogen and oxygen atoms in total. The number of hydrogen-bond acceptors (Lipinski definition) is 3. The molecule has 0 radical (unpaired) electrons. The molecule has 0 atom stereocenters. The third-order valence-electron chi connectivity index (χ3n) is 4.43. The fraction of sp³-hybridized carbons (Fsp3) is 0.556. The number of Topliss-reactive ketones (excluding diaryl/α,β-unsaturated/α-hetero) is 1. The van der Waals surface area contributed by atoms with E-state index in [1.54, 1.807) is 24.3 Å². The number of halogens is 1. The van der Waals surface area contributed by atoms with Crippen molar-refractivity contribution in [1.82, 2.24) is 10.2 Å². The van der Waals surface area contributed by atoms with Crippen molar-refractivity contribution in [1.29, 1.82) is 0 Å². The van der Waals surface area contributed by atoms with Gasteiger partial charge in [0.1, 0.15) is 0 Å². The average Bonchev–Trinajstić information content (AvgIpc) is 3.06. The number of likely N-dealkylation sites (tertiary alicyclic amines) is 1. The molecule has 1 N–H and O–H groups in total. The summed E-state index contributed by atoms with van der Waals surface area (Å²) in [6, 6.07) is 6.94. The van der Waals surface area contributed by atoms with Gasteiger partial charge in [-0.3, -0.25) is 14.5 Å². The lowest BCUT2D eigenvalue weighted by Gasteiger charge is -2.35. The Balaban J connectivity index is 1.77. The molecule has 0 aromatic heterocycles. The van der Waals surface area contributed by atoms with Crippen molar-refractivity contribution in [2.24, 2.45) is 0 Å². The Morgan fingerprint density at radius 3 is 2.48 bits per heavy atom. The molecule has 0 unspecified atom stereocenters. The highest BCUT2D eigenvalue weighted by molar-refractivity contribution is 6.34. The lowest BCUT2D eigenvalue weighted by molar-refractivity contribution is -0.121. The Bertz CT molecular complexity index is 566. The van der Waals surface area contributed by atoms with E-state index < -0.39 is 0 Å². The normalized spacial score (nSPS) is 15.6. The molecule has 1 aliphatic heterocycles. The summed E-state index contributed by atoms with van der Waals surface area (Å²) in [6.07, 6.45) is 2.83. The molecule has 2 rings (SSSR count). The molecule has 1 aromatic carbocycles. The van der Waals surface area contributed by atoms with Gasteiger partial charge in [0, 0.05) is 30.5 Å². The van der Waals surface area contributed by atoms with Crippen LogP contribution in [0.1, 0.15) is 49.9 Å². The summed E-state index contributed by atoms with van der Waals surface area (Å²) in [6.45, 7) is 7.08. The van der Waals surface area contributed by atoms with E-state index in [2.05, 4.69) is 24.1 Å². The van der Waals surface area contributed by atoms with Crippen LogP contribution in [0.3, 0.4) is 0 Å². The van der Waals surface area contributed by atoms with Crippen LogP contribution in [0.5, 0.6) is 0 Å². The SMILES string of the molecule is CC(C)(CNC(=O)CCC(=O)c1ccccc1Cl)N1CCCC1. The zero-order valence-electron chi connectivity index (χ0n) is 13.9. The van der Waals surface area contributed by atoms with E-state index in [1.165, 1.54) is 12.8 Å². The number of carbonyl (C=O) groups excluding carboxylic acids is 2. The van der Waals surface area contributed by atoms with Crippen LogP contribution in [-0.2, 0) is 4.79 Å². The van der Waals surface area contributed by atoms with E-state index in [-0.39, 0.29) is 30.1 Å². The largest absolute Gasteiger partial charge is 0.354 e. The van der Waals surface area contributed by atoms with Gasteiger partial charge < -0.3 is 5.32 Å². The minimum atomic E-state index is -0.0930. The van der Waals surface area contributed by atoms with Gasteiger partial charge in [-0.2, -0.15) is 0 Å². The van der Waals surface area contributed by atoms with E-state index in [0.717, 1.165) is 13.1 Å². The highest BCUT2D eigenvalue weighted by atomic mass is 35.5. The van der Waals surface area contributed by atoms with Crippen molar-refractivity contribution in [3.63, 3.8) is 0 Å². The maximum atomic E-state index is 12.1. The lowest BCUT2D eigenvalue weighted by atomic mass is 10.0. The topological polar surface area (TPSA) is 49.4 Å². The van der Waals surface area contributed by atoms with Gasteiger partial charge in [0.2, 0.25) is 5.91 Å². The summed E-state index contributed by atoms with van der Waals surface area (Å²) in [5, 5.41) is 3.39. The molecule has 23 heavy (non-hydrogen) atoms. The maximum Gasteiger partial charge on any atom is 0.220 e. The van der Waals surface area contributed by atoms with Crippen molar-refractivity contribution < 1.29 is 9.59 Å². The number of rotatable bonds is 7. The Morgan fingerprint density at radius 2 is 1.83 bits per heavy atom. The summed E-state index contributed by atoms with van der Waals surface area (Å²) in [4.78, 5) is 26.5. The van der Waals surface area contributed by atoms with E-state index in [1.807, 2.05) is 0 Å². The van der Waals surface area contributed by atoms with Gasteiger partial charge >= 0.3 is 0 Å². The highest BCUT2D eigenvalue weighted by Crippen LogP contribution is 2.20. The fourth-order valence-electron chi connectivity index (χ4n) is 2.89. The first-order valence-corrected chi connectivity index (χ1v) is 8.57. The van der Waals surface area contributed by atoms with Crippen LogP contribution in [0, 0.1) is 0 Å². The third kappa shape index (κ3) is 5.05. The molecule has 126 valence electrons. The Kier molecular flexibility index (Phi) is 6.19. The smallest absolute Gasteiger partial charge is 0.220 e. The zero-order chi connectivity index (χ0) is 16.9. The Labute approximate surface area is 143 Å². The molecule has 0 aliphatic carbocycles. The number of carbonyl (C=O) groups is 2. The number of ketones is 1. The first-order valence-electron chi connectivity index (χ1n) is 8.19. The van der Waals surface area contributed by atoms with Crippen molar-refractivity contribution in [2.45, 2.75) is 45.1 Å². The second kappa shape index (κ2) is 7.93. The molecule has 5 heteroatoms. The van der Waals surface area contributed by atoms with Crippen molar-refractivity contribution in [3.8, 4) is 0 Å². The molecular formula is C18H25ClN2O2. The van der Waals surface area contributed by atoms with Crippen LogP contribution in [0.4, 0.5) is 0 Å². The van der Waals surface area contributed by atoms with Crippen molar-refractivity contribution in [3.05, 3.63) is 34.9 Å². The quantitative estimate of drug-likeness (QED) is 0.777. The Morgan fingerprint density at radius 1 is 1.17 bits per heavy atom. The first kappa shape index (κ1) is 18.0. The summed E-state index contributed by atoms with van der Waals surface area (Å²) in [7, 11) is 0. The molecule has 1 heterocycles. The minimum Gasteiger partial charge on any atom is -0.354 e. The van der Waals surface area contributed by atoms with Gasteiger partial charge in [0.05, 0.1) is 5.02 Å². The van der Waals surface area contributed by atoms with Crippen LogP contribution in [0.25, 0.3) is 0 Å². The van der Waals surface area contributed by atoms with Gasteiger partial charge in [-0.25, -0.2) is 0 Å². The Hall–Kier alpha value is -1.39. The average molecular weight is 337 g/mol. The number of benzene rings is 1. The van der Waals surface area contributed by atoms with Crippen molar-refractivity contribution in [2.75, 3.05) is 19.6 Å².